The summed E-state index contributed by atoms with van der Waals surface area (Å²) in [5.74, 6) is -6.19. The minimum absolute atomic E-state index is 0.0465. The second kappa shape index (κ2) is 4.67. The molecular formula is C8H10F4N2O2. The number of carbonyl (C=O) groups excluding carboxylic acids is 2. The van der Waals surface area contributed by atoms with E-state index in [1.807, 2.05) is 0 Å². The Labute approximate surface area is 88.4 Å². The first-order valence-corrected chi connectivity index (χ1v) is 4.53. The van der Waals surface area contributed by atoms with Gasteiger partial charge in [0, 0.05) is 13.0 Å². The normalized spacial score (nSPS) is 21.1. The summed E-state index contributed by atoms with van der Waals surface area (Å²) in [6.07, 6.45) is -3.93. The predicted molar refractivity (Wildman–Crippen MR) is 45.1 cm³/mol. The zero-order valence-electron chi connectivity index (χ0n) is 8.10. The highest BCUT2D eigenvalue weighted by Gasteiger charge is 2.41. The zero-order valence-corrected chi connectivity index (χ0v) is 8.10. The van der Waals surface area contributed by atoms with Crippen molar-refractivity contribution in [1.82, 2.24) is 10.6 Å². The van der Waals surface area contributed by atoms with Crippen LogP contribution in [0.2, 0.25) is 0 Å². The van der Waals surface area contributed by atoms with Crippen molar-refractivity contribution in [3.05, 3.63) is 0 Å². The lowest BCUT2D eigenvalue weighted by atomic mass is 10.1. The van der Waals surface area contributed by atoms with Crippen molar-refractivity contribution in [1.29, 1.82) is 0 Å². The molecule has 0 aromatic heterocycles. The van der Waals surface area contributed by atoms with Gasteiger partial charge in [-0.25, -0.2) is 8.78 Å². The maximum absolute atomic E-state index is 12.4. The summed E-state index contributed by atoms with van der Waals surface area (Å²) in [5, 5.41) is 4.04. The first-order chi connectivity index (χ1) is 7.33. The van der Waals surface area contributed by atoms with E-state index in [1.54, 1.807) is 5.32 Å². The largest absolute Gasteiger partial charge is 0.355 e. The van der Waals surface area contributed by atoms with Gasteiger partial charge in [0.15, 0.2) is 0 Å². The number of rotatable bonds is 4. The van der Waals surface area contributed by atoms with Gasteiger partial charge in [0.25, 0.3) is 0 Å². The first kappa shape index (κ1) is 12.7. The predicted octanol–water partition coefficient (Wildman–Crippen LogP) is 0.139. The van der Waals surface area contributed by atoms with Crippen LogP contribution in [0.3, 0.4) is 0 Å². The molecule has 4 nitrogen and oxygen atoms in total. The number of alkyl halides is 4. The van der Waals surface area contributed by atoms with Crippen LogP contribution in [0.25, 0.3) is 0 Å². The molecule has 1 aliphatic heterocycles. The topological polar surface area (TPSA) is 58.2 Å². The molecule has 0 spiro atoms. The molecular weight excluding hydrogens is 232 g/mol. The maximum Gasteiger partial charge on any atom is 0.324 e. The van der Waals surface area contributed by atoms with Gasteiger partial charge in [0.2, 0.25) is 11.8 Å². The standard InChI is InChI=1S/C8H10F4N2O2/c9-7(10)8(11,12)3-14-6(16)4-1-5(15)13-2-4/h4,7H,1-3H2,(H,13,15)(H,14,16). The van der Waals surface area contributed by atoms with E-state index in [0.717, 1.165) is 0 Å². The van der Waals surface area contributed by atoms with Gasteiger partial charge in [-0.1, -0.05) is 0 Å². The summed E-state index contributed by atoms with van der Waals surface area (Å²) in [6.45, 7) is -1.38. The Hall–Kier alpha value is -1.34. The van der Waals surface area contributed by atoms with Crippen LogP contribution < -0.4 is 10.6 Å². The molecule has 1 heterocycles. The Morgan fingerprint density at radius 1 is 1.56 bits per heavy atom. The smallest absolute Gasteiger partial charge is 0.324 e. The average Bonchev–Trinajstić information content (AvgIpc) is 2.61. The molecule has 0 aromatic rings. The van der Waals surface area contributed by atoms with Crippen molar-refractivity contribution < 1.29 is 27.2 Å². The van der Waals surface area contributed by atoms with Gasteiger partial charge in [-0.2, -0.15) is 8.78 Å². The molecule has 2 amide bonds. The van der Waals surface area contributed by atoms with E-state index < -0.39 is 30.7 Å². The van der Waals surface area contributed by atoms with Gasteiger partial charge in [0.05, 0.1) is 12.5 Å². The van der Waals surface area contributed by atoms with Crippen molar-refractivity contribution in [3.8, 4) is 0 Å². The third-order valence-electron chi connectivity index (χ3n) is 2.17. The van der Waals surface area contributed by atoms with Crippen LogP contribution in [-0.2, 0) is 9.59 Å². The molecule has 92 valence electrons. The van der Waals surface area contributed by atoms with E-state index in [0.29, 0.717) is 0 Å². The summed E-state index contributed by atoms with van der Waals surface area (Å²) in [6, 6.07) is 0. The van der Waals surface area contributed by atoms with Crippen LogP contribution in [0.15, 0.2) is 0 Å². The van der Waals surface area contributed by atoms with Gasteiger partial charge >= 0.3 is 12.3 Å². The third kappa shape index (κ3) is 3.07. The first-order valence-electron chi connectivity index (χ1n) is 4.53. The lowest BCUT2D eigenvalue weighted by Gasteiger charge is -2.16. The van der Waals surface area contributed by atoms with Crippen molar-refractivity contribution in [2.24, 2.45) is 5.92 Å². The van der Waals surface area contributed by atoms with E-state index >= 15 is 0 Å². The quantitative estimate of drug-likeness (QED) is 0.689. The molecule has 0 aliphatic carbocycles. The SMILES string of the molecule is O=C1CC(C(=O)NCC(F)(F)C(F)F)CN1. The molecule has 16 heavy (non-hydrogen) atoms. The molecule has 0 aromatic carbocycles. The van der Waals surface area contributed by atoms with Crippen molar-refractivity contribution in [2.75, 3.05) is 13.1 Å². The van der Waals surface area contributed by atoms with Gasteiger partial charge < -0.3 is 10.6 Å². The molecule has 1 saturated heterocycles. The number of halogens is 4. The van der Waals surface area contributed by atoms with Crippen LogP contribution in [0.4, 0.5) is 17.6 Å². The number of carbonyl (C=O) groups is 2. The van der Waals surface area contributed by atoms with Crippen LogP contribution >= 0.6 is 0 Å². The highest BCUT2D eigenvalue weighted by Crippen LogP contribution is 2.21. The summed E-state index contributed by atoms with van der Waals surface area (Å²) in [7, 11) is 0. The highest BCUT2D eigenvalue weighted by molar-refractivity contribution is 5.89. The fourth-order valence-electron chi connectivity index (χ4n) is 1.22. The van der Waals surface area contributed by atoms with Gasteiger partial charge in [0.1, 0.15) is 0 Å². The second-order valence-corrected chi connectivity index (χ2v) is 3.48. The molecule has 1 rings (SSSR count). The van der Waals surface area contributed by atoms with Gasteiger partial charge in [-0.15, -0.1) is 0 Å². The molecule has 2 N–H and O–H groups in total. The van der Waals surface area contributed by atoms with Gasteiger partial charge in [-0.05, 0) is 0 Å². The molecule has 1 atom stereocenters. The molecule has 0 saturated carbocycles. The molecule has 1 fully saturated rings. The Morgan fingerprint density at radius 2 is 2.19 bits per heavy atom. The minimum Gasteiger partial charge on any atom is -0.355 e. The number of hydrogen-bond acceptors (Lipinski definition) is 2. The van der Waals surface area contributed by atoms with Crippen LogP contribution in [0.1, 0.15) is 6.42 Å². The van der Waals surface area contributed by atoms with E-state index in [4.69, 9.17) is 0 Å². The fourth-order valence-corrected chi connectivity index (χ4v) is 1.22. The lowest BCUT2D eigenvalue weighted by Crippen LogP contribution is -2.43. The average molecular weight is 242 g/mol. The number of hydrogen-bond donors (Lipinski definition) is 2. The van der Waals surface area contributed by atoms with E-state index in [9.17, 15) is 27.2 Å². The summed E-state index contributed by atoms with van der Waals surface area (Å²) in [5.41, 5.74) is 0. The molecule has 8 heteroatoms. The summed E-state index contributed by atoms with van der Waals surface area (Å²) < 4.78 is 48.3. The summed E-state index contributed by atoms with van der Waals surface area (Å²) >= 11 is 0. The van der Waals surface area contributed by atoms with E-state index in [1.165, 1.54) is 0 Å². The van der Waals surface area contributed by atoms with Crippen molar-refractivity contribution >= 4 is 11.8 Å². The molecule has 1 unspecified atom stereocenters. The number of nitrogens with one attached hydrogen (secondary N) is 2. The van der Waals surface area contributed by atoms with Crippen molar-refractivity contribution in [3.63, 3.8) is 0 Å². The van der Waals surface area contributed by atoms with Crippen LogP contribution in [0, 0.1) is 5.92 Å². The summed E-state index contributed by atoms with van der Waals surface area (Å²) in [4.78, 5) is 21.9. The number of amides is 2. The fraction of sp³-hybridized carbons (Fsp3) is 0.750. The Balaban J connectivity index is 2.38. The van der Waals surface area contributed by atoms with Gasteiger partial charge in [-0.3, -0.25) is 9.59 Å². The minimum atomic E-state index is -4.24. The van der Waals surface area contributed by atoms with E-state index in [2.05, 4.69) is 5.32 Å². The maximum atomic E-state index is 12.4. The highest BCUT2D eigenvalue weighted by atomic mass is 19.3. The second-order valence-electron chi connectivity index (χ2n) is 3.48. The molecule has 0 radical (unpaired) electrons. The van der Waals surface area contributed by atoms with E-state index in [-0.39, 0.29) is 18.9 Å². The van der Waals surface area contributed by atoms with Crippen molar-refractivity contribution in [2.45, 2.75) is 18.8 Å². The Morgan fingerprint density at radius 3 is 2.62 bits per heavy atom. The monoisotopic (exact) mass is 242 g/mol. The molecule has 1 aliphatic rings. The van der Waals surface area contributed by atoms with Crippen LogP contribution in [-0.4, -0.2) is 37.3 Å². The van der Waals surface area contributed by atoms with Crippen LogP contribution in [0.5, 0.6) is 0 Å². The third-order valence-corrected chi connectivity index (χ3v) is 2.17. The lowest BCUT2D eigenvalue weighted by molar-refractivity contribution is -0.138. The Kier molecular flexibility index (Phi) is 3.71. The zero-order chi connectivity index (χ0) is 12.3. The Bertz CT molecular complexity index is 296. The molecule has 0 bridgehead atoms.